The summed E-state index contributed by atoms with van der Waals surface area (Å²) in [4.78, 5) is 12.1. The number of aromatic carboxylic acids is 1. The fourth-order valence-corrected chi connectivity index (χ4v) is 1.59. The van der Waals surface area contributed by atoms with Gasteiger partial charge in [-0.05, 0) is 12.1 Å². The molecular weight excluding hydrogens is 295 g/mol. The van der Waals surface area contributed by atoms with E-state index in [1.807, 2.05) is 0 Å². The smallest absolute Gasteiger partial charge is 0.343 e. The number of carbonyl (C=O) groups is 1. The maximum atomic E-state index is 13.4. The minimum absolute atomic E-state index is 0.0383. The molecule has 6 heteroatoms. The van der Waals surface area contributed by atoms with Crippen molar-refractivity contribution in [3.63, 3.8) is 0 Å². The van der Waals surface area contributed by atoms with Crippen LogP contribution in [0.1, 0.15) is 15.9 Å². The lowest BCUT2D eigenvalue weighted by atomic mass is 10.1. The topological polar surface area (TPSA) is 55.8 Å². The molecule has 0 bridgehead atoms. The second kappa shape index (κ2) is 5.67. The lowest BCUT2D eigenvalue weighted by Crippen LogP contribution is -2.04. The SMILES string of the molecule is COc1cc(C(F)=CBr)cc(OC)c1C(=O)O. The van der Waals surface area contributed by atoms with Crippen LogP contribution in [0.3, 0.4) is 0 Å². The van der Waals surface area contributed by atoms with Crippen molar-refractivity contribution in [2.45, 2.75) is 0 Å². The van der Waals surface area contributed by atoms with Crippen molar-refractivity contribution < 1.29 is 23.8 Å². The van der Waals surface area contributed by atoms with Gasteiger partial charge in [0.05, 0.1) is 14.2 Å². The number of halogens is 2. The first kappa shape index (κ1) is 13.5. The molecule has 0 fully saturated rings. The molecule has 0 heterocycles. The summed E-state index contributed by atoms with van der Waals surface area (Å²) in [6.45, 7) is 0. The first-order valence-corrected chi connectivity index (χ1v) is 5.42. The molecule has 0 spiro atoms. The van der Waals surface area contributed by atoms with Gasteiger partial charge in [-0.15, -0.1) is 0 Å². The van der Waals surface area contributed by atoms with Crippen LogP contribution in [-0.4, -0.2) is 25.3 Å². The van der Waals surface area contributed by atoms with E-state index in [0.29, 0.717) is 0 Å². The summed E-state index contributed by atoms with van der Waals surface area (Å²) in [6.07, 6.45) is 0. The van der Waals surface area contributed by atoms with Crippen LogP contribution in [0.25, 0.3) is 5.83 Å². The monoisotopic (exact) mass is 304 g/mol. The largest absolute Gasteiger partial charge is 0.496 e. The zero-order chi connectivity index (χ0) is 13.0. The molecule has 0 radical (unpaired) electrons. The normalized spacial score (nSPS) is 11.2. The molecule has 0 atom stereocenters. The predicted molar refractivity (Wildman–Crippen MR) is 64.5 cm³/mol. The Morgan fingerprint density at radius 1 is 1.35 bits per heavy atom. The maximum Gasteiger partial charge on any atom is 0.343 e. The van der Waals surface area contributed by atoms with E-state index in [1.54, 1.807) is 0 Å². The summed E-state index contributed by atoms with van der Waals surface area (Å²) in [5.74, 6) is -1.68. The third-order valence-corrected chi connectivity index (χ3v) is 2.49. The Hall–Kier alpha value is -1.56. The maximum absolute atomic E-state index is 13.4. The highest BCUT2D eigenvalue weighted by Crippen LogP contribution is 2.33. The molecule has 1 rings (SSSR count). The van der Waals surface area contributed by atoms with Gasteiger partial charge in [0, 0.05) is 10.5 Å². The van der Waals surface area contributed by atoms with E-state index in [4.69, 9.17) is 14.6 Å². The summed E-state index contributed by atoms with van der Waals surface area (Å²) in [6, 6.07) is 2.58. The molecule has 1 aromatic rings. The van der Waals surface area contributed by atoms with Crippen LogP contribution in [0, 0.1) is 0 Å². The number of carboxylic acids is 1. The van der Waals surface area contributed by atoms with Gasteiger partial charge in [-0.1, -0.05) is 15.9 Å². The molecule has 0 aliphatic heterocycles. The van der Waals surface area contributed by atoms with Crippen molar-refractivity contribution in [2.75, 3.05) is 14.2 Å². The van der Waals surface area contributed by atoms with Crippen molar-refractivity contribution in [1.82, 2.24) is 0 Å². The highest BCUT2D eigenvalue weighted by atomic mass is 79.9. The molecule has 0 unspecified atom stereocenters. The Balaban J connectivity index is 3.50. The summed E-state index contributed by atoms with van der Waals surface area (Å²) in [5.41, 5.74) is 0.0293. The summed E-state index contributed by atoms with van der Waals surface area (Å²) in [7, 11) is 2.61. The van der Waals surface area contributed by atoms with E-state index >= 15 is 0 Å². The Bertz CT molecular complexity index is 446. The second-order valence-electron chi connectivity index (χ2n) is 3.02. The minimum Gasteiger partial charge on any atom is -0.496 e. The number of rotatable bonds is 4. The van der Waals surface area contributed by atoms with Crippen molar-refractivity contribution in [1.29, 1.82) is 0 Å². The first-order valence-electron chi connectivity index (χ1n) is 4.50. The van der Waals surface area contributed by atoms with Gasteiger partial charge in [-0.2, -0.15) is 0 Å². The number of methoxy groups -OCH3 is 2. The minimum atomic E-state index is -1.20. The van der Waals surface area contributed by atoms with E-state index in [2.05, 4.69) is 15.9 Å². The average Bonchev–Trinajstić information content (AvgIpc) is 2.35. The fourth-order valence-electron chi connectivity index (χ4n) is 1.32. The Kier molecular flexibility index (Phi) is 4.51. The van der Waals surface area contributed by atoms with Crippen molar-refractivity contribution >= 4 is 27.7 Å². The molecule has 0 saturated carbocycles. The zero-order valence-electron chi connectivity index (χ0n) is 9.16. The first-order chi connectivity index (χ1) is 8.04. The summed E-state index contributed by atoms with van der Waals surface area (Å²) in [5, 5.41) is 9.02. The molecule has 4 nitrogen and oxygen atoms in total. The Morgan fingerprint density at radius 3 is 2.12 bits per heavy atom. The zero-order valence-corrected chi connectivity index (χ0v) is 10.7. The highest BCUT2D eigenvalue weighted by molar-refractivity contribution is 9.11. The van der Waals surface area contributed by atoms with Gasteiger partial charge in [0.25, 0.3) is 0 Å². The molecule has 17 heavy (non-hydrogen) atoms. The Labute approximate surface area is 106 Å². The molecule has 0 saturated heterocycles. The quantitative estimate of drug-likeness (QED) is 0.929. The molecule has 0 aliphatic carbocycles. The van der Waals surface area contributed by atoms with E-state index in [-0.39, 0.29) is 22.6 Å². The van der Waals surface area contributed by atoms with E-state index in [1.165, 1.54) is 26.4 Å². The lowest BCUT2D eigenvalue weighted by Gasteiger charge is -2.11. The van der Waals surface area contributed by atoms with Crippen LogP contribution in [0.4, 0.5) is 4.39 Å². The third-order valence-electron chi connectivity index (χ3n) is 2.09. The van der Waals surface area contributed by atoms with Gasteiger partial charge >= 0.3 is 5.97 Å². The number of hydrogen-bond acceptors (Lipinski definition) is 3. The third kappa shape index (κ3) is 2.76. The molecule has 1 aromatic carbocycles. The van der Waals surface area contributed by atoms with Gasteiger partial charge in [-0.25, -0.2) is 9.18 Å². The van der Waals surface area contributed by atoms with Crippen LogP contribution in [0.2, 0.25) is 0 Å². The van der Waals surface area contributed by atoms with E-state index < -0.39 is 11.8 Å². The number of carboxylic acid groups (broad SMARTS) is 1. The van der Waals surface area contributed by atoms with Crippen LogP contribution >= 0.6 is 15.9 Å². The molecule has 0 amide bonds. The Morgan fingerprint density at radius 2 is 1.82 bits per heavy atom. The molecular formula is C11H10BrFO4. The number of benzene rings is 1. The van der Waals surface area contributed by atoms with Crippen molar-refractivity contribution in [3.05, 3.63) is 28.2 Å². The lowest BCUT2D eigenvalue weighted by molar-refractivity contribution is 0.0689. The standard InChI is InChI=1S/C11H10BrFO4/c1-16-8-3-6(7(13)5-12)4-9(17-2)10(8)11(14)15/h3-5H,1-2H3,(H,14,15). The number of ether oxygens (including phenoxy) is 2. The summed E-state index contributed by atoms with van der Waals surface area (Å²) < 4.78 is 23.2. The second-order valence-corrected chi connectivity index (χ2v) is 3.48. The van der Waals surface area contributed by atoms with E-state index in [9.17, 15) is 9.18 Å². The van der Waals surface area contributed by atoms with Gasteiger partial charge in [0.15, 0.2) is 0 Å². The van der Waals surface area contributed by atoms with Crippen molar-refractivity contribution in [2.24, 2.45) is 0 Å². The van der Waals surface area contributed by atoms with Crippen LogP contribution in [0.15, 0.2) is 17.1 Å². The molecule has 0 aliphatic rings. The van der Waals surface area contributed by atoms with Crippen molar-refractivity contribution in [3.8, 4) is 11.5 Å². The summed E-state index contributed by atoms with van der Waals surface area (Å²) >= 11 is 2.86. The van der Waals surface area contributed by atoms with Gasteiger partial charge < -0.3 is 14.6 Å². The molecule has 92 valence electrons. The van der Waals surface area contributed by atoms with Crippen LogP contribution in [0.5, 0.6) is 11.5 Å². The van der Waals surface area contributed by atoms with Crippen LogP contribution < -0.4 is 9.47 Å². The molecule has 1 N–H and O–H groups in total. The number of hydrogen-bond donors (Lipinski definition) is 1. The van der Waals surface area contributed by atoms with E-state index in [0.717, 1.165) is 4.99 Å². The highest BCUT2D eigenvalue weighted by Gasteiger charge is 2.20. The van der Waals surface area contributed by atoms with Gasteiger partial charge in [0.1, 0.15) is 22.9 Å². The van der Waals surface area contributed by atoms with Gasteiger partial charge in [0.2, 0.25) is 0 Å². The molecule has 0 aromatic heterocycles. The van der Waals surface area contributed by atoms with Crippen LogP contribution in [-0.2, 0) is 0 Å². The predicted octanol–water partition coefficient (Wildman–Crippen LogP) is 3.06. The average molecular weight is 305 g/mol. The van der Waals surface area contributed by atoms with Gasteiger partial charge in [-0.3, -0.25) is 0 Å². The fraction of sp³-hybridized carbons (Fsp3) is 0.182.